The summed E-state index contributed by atoms with van der Waals surface area (Å²) in [5, 5.41) is 12.4. The number of hydrogen-bond donors (Lipinski definition) is 0. The number of aromatic nitrogens is 2. The number of ether oxygens (including phenoxy) is 3. The van der Waals surface area contributed by atoms with Gasteiger partial charge in [0.15, 0.2) is 29.6 Å². The van der Waals surface area contributed by atoms with Crippen LogP contribution in [0.15, 0.2) is 67.0 Å². The Hall–Kier alpha value is -3.99. The predicted molar refractivity (Wildman–Crippen MR) is 135 cm³/mol. The van der Waals surface area contributed by atoms with Crippen LogP contribution in [-0.2, 0) is 11.3 Å². The van der Waals surface area contributed by atoms with Gasteiger partial charge in [0.25, 0.3) is 0 Å². The molecule has 0 unspecified atom stereocenters. The van der Waals surface area contributed by atoms with E-state index in [2.05, 4.69) is 4.98 Å². The first-order valence-electron chi connectivity index (χ1n) is 12.4. The van der Waals surface area contributed by atoms with Crippen molar-refractivity contribution in [2.24, 2.45) is 5.92 Å². The summed E-state index contributed by atoms with van der Waals surface area (Å²) in [6, 6.07) is 14.0. The van der Waals surface area contributed by atoms with Crippen molar-refractivity contribution in [2.45, 2.75) is 44.3 Å². The number of pyridine rings is 2. The van der Waals surface area contributed by atoms with Gasteiger partial charge in [-0.1, -0.05) is 43.3 Å². The molecule has 0 saturated carbocycles. The van der Waals surface area contributed by atoms with Gasteiger partial charge in [-0.3, -0.25) is 0 Å². The Morgan fingerprint density at radius 2 is 1.82 bits per heavy atom. The first-order chi connectivity index (χ1) is 18.9. The Kier molecular flexibility index (Phi) is 7.03. The van der Waals surface area contributed by atoms with Crippen LogP contribution in [0.5, 0.6) is 11.5 Å². The number of fused-ring (bicyclic) bond motifs is 1. The van der Waals surface area contributed by atoms with E-state index in [0.29, 0.717) is 10.1 Å². The Balaban J connectivity index is 1.68. The van der Waals surface area contributed by atoms with Gasteiger partial charge in [0.2, 0.25) is 5.82 Å². The summed E-state index contributed by atoms with van der Waals surface area (Å²) in [6.45, 7) is 2.37. The van der Waals surface area contributed by atoms with Crippen LogP contribution in [0.3, 0.4) is 0 Å². The zero-order chi connectivity index (χ0) is 28.8. The average molecular weight is 561 g/mol. The van der Waals surface area contributed by atoms with Gasteiger partial charge in [-0.05, 0) is 18.6 Å². The third kappa shape index (κ3) is 4.68. The Morgan fingerprint density at radius 1 is 1.10 bits per heavy atom. The van der Waals surface area contributed by atoms with E-state index in [1.165, 1.54) is 37.5 Å². The summed E-state index contributed by atoms with van der Waals surface area (Å²) < 4.78 is 89.5. The number of alkyl halides is 3. The standard InChI is InChI=1S/C29H25F5N2O4/c1-16-24(18-9-10-20(30)25(31)26(18)38-3)27(40-28(16,2)29(32,33)34)22-13-23(39-15-17-7-5-4-6-8-17)19-14-36(37)12-11-21(19)35-22/h4-14,16,24,27H,15H2,1-3H3/t16-,24-,27-,28+/m0/s1. The number of methoxy groups -OCH3 is 1. The highest BCUT2D eigenvalue weighted by atomic mass is 19.4. The summed E-state index contributed by atoms with van der Waals surface area (Å²) in [5.74, 6) is -5.23. The molecule has 1 fully saturated rings. The maximum absolute atomic E-state index is 14.7. The summed E-state index contributed by atoms with van der Waals surface area (Å²) >= 11 is 0. The smallest absolute Gasteiger partial charge is 0.417 e. The maximum atomic E-state index is 14.7. The van der Waals surface area contributed by atoms with Crippen molar-refractivity contribution < 1.29 is 40.9 Å². The minimum absolute atomic E-state index is 0.00554. The summed E-state index contributed by atoms with van der Waals surface area (Å²) in [4.78, 5) is 4.53. The minimum Gasteiger partial charge on any atom is -0.619 e. The number of benzene rings is 2. The molecule has 4 aromatic rings. The fourth-order valence-electron chi connectivity index (χ4n) is 5.21. The molecule has 1 aliphatic rings. The molecule has 1 saturated heterocycles. The third-order valence-electron chi connectivity index (χ3n) is 7.55. The molecule has 0 radical (unpaired) electrons. The molecule has 5 rings (SSSR count). The molecule has 0 spiro atoms. The van der Waals surface area contributed by atoms with Crippen molar-refractivity contribution >= 4 is 10.9 Å². The number of halogens is 5. The van der Waals surface area contributed by atoms with Crippen LogP contribution < -0.4 is 14.2 Å². The molecule has 40 heavy (non-hydrogen) atoms. The molecular weight excluding hydrogens is 535 g/mol. The van der Waals surface area contributed by atoms with Gasteiger partial charge in [0, 0.05) is 29.5 Å². The van der Waals surface area contributed by atoms with E-state index in [1.54, 1.807) is 0 Å². The lowest BCUT2D eigenvalue weighted by Crippen LogP contribution is -2.46. The molecule has 6 nitrogen and oxygen atoms in total. The lowest BCUT2D eigenvalue weighted by Gasteiger charge is -2.32. The van der Waals surface area contributed by atoms with E-state index in [4.69, 9.17) is 14.2 Å². The van der Waals surface area contributed by atoms with Crippen LogP contribution in [0.4, 0.5) is 22.0 Å². The summed E-state index contributed by atoms with van der Waals surface area (Å²) in [6.07, 6.45) is -3.71. The third-order valence-corrected chi connectivity index (χ3v) is 7.55. The van der Waals surface area contributed by atoms with Crippen LogP contribution in [0.25, 0.3) is 10.9 Å². The van der Waals surface area contributed by atoms with Gasteiger partial charge in [-0.25, -0.2) is 9.37 Å². The second kappa shape index (κ2) is 10.2. The molecular formula is C29H25F5N2O4. The van der Waals surface area contributed by atoms with E-state index in [1.807, 2.05) is 30.3 Å². The second-order valence-electron chi connectivity index (χ2n) is 9.86. The monoisotopic (exact) mass is 560 g/mol. The van der Waals surface area contributed by atoms with E-state index in [0.717, 1.165) is 25.7 Å². The SMILES string of the molecule is COc1c([C@H]2[C@H](c3cc(OCc4ccccc4)c4c[n+]([O-])ccc4n3)O[C@@](C)(C(F)(F)F)[C@H]2C)ccc(F)c1F. The van der Waals surface area contributed by atoms with E-state index in [-0.39, 0.29) is 29.1 Å². The Morgan fingerprint density at radius 3 is 2.50 bits per heavy atom. The molecule has 0 amide bonds. The second-order valence-corrected chi connectivity index (χ2v) is 9.86. The molecule has 0 aliphatic carbocycles. The first-order valence-corrected chi connectivity index (χ1v) is 12.4. The summed E-state index contributed by atoms with van der Waals surface area (Å²) in [7, 11) is 1.11. The molecule has 0 bridgehead atoms. The molecule has 1 aliphatic heterocycles. The van der Waals surface area contributed by atoms with Gasteiger partial charge in [-0.15, -0.1) is 0 Å². The van der Waals surface area contributed by atoms with Crippen LogP contribution in [0.2, 0.25) is 0 Å². The maximum Gasteiger partial charge on any atom is 0.417 e. The van der Waals surface area contributed by atoms with Crippen molar-refractivity contribution in [1.29, 1.82) is 0 Å². The number of nitrogens with zero attached hydrogens (tertiary/aromatic N) is 2. The van der Waals surface area contributed by atoms with E-state index < -0.39 is 47.1 Å². The highest BCUT2D eigenvalue weighted by Gasteiger charge is 2.65. The van der Waals surface area contributed by atoms with Crippen molar-refractivity contribution in [3.05, 3.63) is 101 Å². The lowest BCUT2D eigenvalue weighted by molar-refractivity contribution is -0.603. The Labute approximate surface area is 226 Å². The van der Waals surface area contributed by atoms with Crippen LogP contribution in [0, 0.1) is 22.8 Å². The first kappa shape index (κ1) is 27.6. The average Bonchev–Trinajstić information content (AvgIpc) is 3.20. The zero-order valence-electron chi connectivity index (χ0n) is 21.7. The van der Waals surface area contributed by atoms with Gasteiger partial charge >= 0.3 is 6.18 Å². The molecule has 3 heterocycles. The number of rotatable bonds is 6. The van der Waals surface area contributed by atoms with Crippen LogP contribution >= 0.6 is 0 Å². The Bertz CT molecular complexity index is 1550. The molecule has 2 aromatic heterocycles. The molecule has 11 heteroatoms. The normalized spacial score (nSPS) is 22.9. The molecule has 4 atom stereocenters. The van der Waals surface area contributed by atoms with E-state index >= 15 is 0 Å². The fourth-order valence-corrected chi connectivity index (χ4v) is 5.21. The van der Waals surface area contributed by atoms with E-state index in [9.17, 15) is 27.2 Å². The van der Waals surface area contributed by atoms with Crippen molar-refractivity contribution in [1.82, 2.24) is 4.98 Å². The van der Waals surface area contributed by atoms with Crippen molar-refractivity contribution in [3.63, 3.8) is 0 Å². The van der Waals surface area contributed by atoms with Gasteiger partial charge in [-0.2, -0.15) is 22.3 Å². The van der Waals surface area contributed by atoms with Gasteiger partial charge < -0.3 is 19.4 Å². The highest BCUT2D eigenvalue weighted by molar-refractivity contribution is 5.83. The fraction of sp³-hybridized carbons (Fsp3) is 0.310. The van der Waals surface area contributed by atoms with Gasteiger partial charge in [0.05, 0.1) is 18.3 Å². The molecule has 2 aromatic carbocycles. The molecule has 0 N–H and O–H groups in total. The number of hydrogen-bond acceptors (Lipinski definition) is 5. The van der Waals surface area contributed by atoms with Gasteiger partial charge in [0.1, 0.15) is 23.8 Å². The quantitative estimate of drug-likeness (QED) is 0.152. The highest BCUT2D eigenvalue weighted by Crippen LogP contribution is 2.59. The minimum atomic E-state index is -4.80. The topological polar surface area (TPSA) is 67.5 Å². The predicted octanol–water partition coefficient (Wildman–Crippen LogP) is 6.55. The van der Waals surface area contributed by atoms with Crippen LogP contribution in [0.1, 0.15) is 42.7 Å². The zero-order valence-corrected chi connectivity index (χ0v) is 21.7. The van der Waals surface area contributed by atoms with Crippen LogP contribution in [-0.4, -0.2) is 23.9 Å². The van der Waals surface area contributed by atoms with Crippen molar-refractivity contribution in [2.75, 3.05) is 7.11 Å². The lowest BCUT2D eigenvalue weighted by atomic mass is 9.76. The van der Waals surface area contributed by atoms with Crippen molar-refractivity contribution in [3.8, 4) is 11.5 Å². The largest absolute Gasteiger partial charge is 0.619 e. The molecule has 210 valence electrons. The summed E-state index contributed by atoms with van der Waals surface area (Å²) in [5.41, 5.74) is -1.49.